The van der Waals surface area contributed by atoms with Gasteiger partial charge in [-0.2, -0.15) is 5.26 Å². The highest BCUT2D eigenvalue weighted by Gasteiger charge is 1.61. The van der Waals surface area contributed by atoms with Gasteiger partial charge in [-0.1, -0.05) is 12.2 Å². The van der Waals surface area contributed by atoms with Gasteiger partial charge in [-0.3, -0.25) is 0 Å². The van der Waals surface area contributed by atoms with Crippen LogP contribution >= 0.6 is 12.2 Å². The minimum Gasteiger partial charge on any atom is -0.198 e. The molecule has 0 aliphatic carbocycles. The lowest BCUT2D eigenvalue weighted by Crippen LogP contribution is -1.55. The van der Waals surface area contributed by atoms with Gasteiger partial charge >= 0.3 is 0 Å². The van der Waals surface area contributed by atoms with Crippen molar-refractivity contribution in [1.29, 1.82) is 5.26 Å². The molecule has 0 aromatic carbocycles. The molecule has 0 aliphatic rings. The fourth-order valence-corrected chi connectivity index (χ4v) is 0.0968. The van der Waals surface area contributed by atoms with E-state index in [1.54, 1.807) is 6.07 Å². The molecule has 0 atom stereocenters. The quantitative estimate of drug-likeness (QED) is 0.438. The van der Waals surface area contributed by atoms with E-state index in [1.807, 2.05) is 0 Å². The van der Waals surface area contributed by atoms with E-state index in [1.165, 1.54) is 0 Å². The van der Waals surface area contributed by atoms with Crippen molar-refractivity contribution >= 4 is 17.6 Å². The second kappa shape index (κ2) is 3.58. The molecule has 0 N–H and O–H groups in total. The van der Waals surface area contributed by atoms with Crippen LogP contribution in [0.15, 0.2) is 0 Å². The molecule has 2 heteroatoms. The van der Waals surface area contributed by atoms with Crippen LogP contribution in [0, 0.1) is 11.3 Å². The fourth-order valence-electron chi connectivity index (χ4n) is 0.0323. The molecular formula is C3H2NS. The maximum atomic E-state index is 7.69. The van der Waals surface area contributed by atoms with Gasteiger partial charge in [0.2, 0.25) is 0 Å². The standard InChI is InChI=1S/C3H2NS/c4-2-1-3-5/h1H2. The Hall–Kier alpha value is -0.420. The Balaban J connectivity index is 2.75. The summed E-state index contributed by atoms with van der Waals surface area (Å²) in [5.41, 5.74) is 0. The van der Waals surface area contributed by atoms with Gasteiger partial charge < -0.3 is 0 Å². The van der Waals surface area contributed by atoms with Crippen LogP contribution in [0.25, 0.3) is 0 Å². The number of rotatable bonds is 1. The van der Waals surface area contributed by atoms with Crippen molar-refractivity contribution in [2.45, 2.75) is 6.42 Å². The van der Waals surface area contributed by atoms with Gasteiger partial charge in [0, 0.05) is 5.37 Å². The monoisotopic (exact) mass is 84.0 g/mol. The highest BCUT2D eigenvalue weighted by molar-refractivity contribution is 7.79. The smallest absolute Gasteiger partial charge is 0.0715 e. The first-order chi connectivity index (χ1) is 2.41. The molecule has 0 aromatic rings. The number of thiocarbonyl (C=S) groups is 1. The van der Waals surface area contributed by atoms with Crippen LogP contribution in [0.3, 0.4) is 0 Å². The molecule has 25 valence electrons. The number of hydrogen-bond acceptors (Lipinski definition) is 2. The minimum absolute atomic E-state index is 0.259. The van der Waals surface area contributed by atoms with Crippen molar-refractivity contribution in [3.05, 3.63) is 0 Å². The van der Waals surface area contributed by atoms with Crippen LogP contribution in [0.2, 0.25) is 0 Å². The average molecular weight is 84.1 g/mol. The van der Waals surface area contributed by atoms with Crippen LogP contribution in [-0.2, 0) is 0 Å². The molecule has 0 rings (SSSR count). The molecule has 1 nitrogen and oxygen atoms in total. The van der Waals surface area contributed by atoms with Gasteiger partial charge in [0.05, 0.1) is 12.5 Å². The van der Waals surface area contributed by atoms with Gasteiger partial charge in [-0.15, -0.1) is 0 Å². The highest BCUT2D eigenvalue weighted by Crippen LogP contribution is 1.60. The van der Waals surface area contributed by atoms with Gasteiger partial charge in [-0.25, -0.2) is 0 Å². The predicted molar refractivity (Wildman–Crippen MR) is 22.8 cm³/mol. The van der Waals surface area contributed by atoms with Gasteiger partial charge in [0.15, 0.2) is 0 Å². The van der Waals surface area contributed by atoms with Crippen molar-refractivity contribution in [3.63, 3.8) is 0 Å². The Kier molecular flexibility index (Phi) is 3.28. The molecule has 0 saturated heterocycles. The molecule has 0 unspecified atom stereocenters. The van der Waals surface area contributed by atoms with E-state index in [2.05, 4.69) is 17.6 Å². The summed E-state index contributed by atoms with van der Waals surface area (Å²) in [5.74, 6) is 0. The van der Waals surface area contributed by atoms with Gasteiger partial charge in [0.1, 0.15) is 0 Å². The lowest BCUT2D eigenvalue weighted by Gasteiger charge is -1.51. The molecule has 0 heterocycles. The Morgan fingerprint density at radius 1 is 1.80 bits per heavy atom. The normalized spacial score (nSPS) is 5.40. The molecule has 0 fully saturated rings. The van der Waals surface area contributed by atoms with Gasteiger partial charge in [0.25, 0.3) is 0 Å². The zero-order chi connectivity index (χ0) is 4.12. The third-order valence-electron chi connectivity index (χ3n) is 0.151. The molecule has 5 heavy (non-hydrogen) atoms. The second-order valence-corrected chi connectivity index (χ2v) is 0.768. The van der Waals surface area contributed by atoms with E-state index in [9.17, 15) is 0 Å². The summed E-state index contributed by atoms with van der Waals surface area (Å²) in [6, 6.07) is 1.80. The van der Waals surface area contributed by atoms with Crippen LogP contribution < -0.4 is 0 Å². The Labute approximate surface area is 36.2 Å². The SMILES string of the molecule is N#CC[C]=S. The molecule has 0 aliphatic heterocycles. The fraction of sp³-hybridized carbons (Fsp3) is 0.333. The lowest BCUT2D eigenvalue weighted by molar-refractivity contribution is 1.44. The van der Waals surface area contributed by atoms with Crippen molar-refractivity contribution in [2.24, 2.45) is 0 Å². The first-order valence-electron chi connectivity index (χ1n) is 1.13. The van der Waals surface area contributed by atoms with Crippen LogP contribution in [-0.4, -0.2) is 5.37 Å². The third-order valence-corrected chi connectivity index (χ3v) is 0.296. The average Bonchev–Trinajstić information content (AvgIpc) is 1.41. The van der Waals surface area contributed by atoms with Crippen molar-refractivity contribution < 1.29 is 0 Å². The van der Waals surface area contributed by atoms with E-state index >= 15 is 0 Å². The Morgan fingerprint density at radius 3 is 2.40 bits per heavy atom. The number of nitriles is 1. The van der Waals surface area contributed by atoms with E-state index < -0.39 is 0 Å². The Morgan fingerprint density at radius 2 is 2.40 bits per heavy atom. The molecule has 0 spiro atoms. The molecular weight excluding hydrogens is 82.1 g/mol. The van der Waals surface area contributed by atoms with Crippen molar-refractivity contribution in [1.82, 2.24) is 0 Å². The second-order valence-electron chi connectivity index (χ2n) is 0.479. The van der Waals surface area contributed by atoms with Crippen LogP contribution in [0.4, 0.5) is 0 Å². The summed E-state index contributed by atoms with van der Waals surface area (Å²) in [6.07, 6.45) is 0.259. The zero-order valence-corrected chi connectivity index (χ0v) is 3.38. The van der Waals surface area contributed by atoms with Crippen LogP contribution in [0.1, 0.15) is 6.42 Å². The minimum atomic E-state index is 0.259. The maximum Gasteiger partial charge on any atom is 0.0715 e. The van der Waals surface area contributed by atoms with Crippen LogP contribution in [0.5, 0.6) is 0 Å². The summed E-state index contributed by atoms with van der Waals surface area (Å²) < 4.78 is 0. The summed E-state index contributed by atoms with van der Waals surface area (Å²) >= 11 is 4.18. The summed E-state index contributed by atoms with van der Waals surface area (Å²) in [4.78, 5) is 0. The lowest BCUT2D eigenvalue weighted by atomic mass is 10.6. The summed E-state index contributed by atoms with van der Waals surface area (Å²) in [5, 5.41) is 9.93. The Bertz CT molecular complexity index is 61.8. The predicted octanol–water partition coefficient (Wildman–Crippen LogP) is 0.777. The summed E-state index contributed by atoms with van der Waals surface area (Å²) in [6.45, 7) is 0. The maximum absolute atomic E-state index is 7.69. The zero-order valence-electron chi connectivity index (χ0n) is 2.56. The molecule has 1 radical (unpaired) electrons. The summed E-state index contributed by atoms with van der Waals surface area (Å²) in [7, 11) is 0. The third kappa shape index (κ3) is 3.58. The highest BCUT2D eigenvalue weighted by atomic mass is 32.1. The largest absolute Gasteiger partial charge is 0.198 e. The van der Waals surface area contributed by atoms with Crippen molar-refractivity contribution in [2.75, 3.05) is 0 Å². The molecule has 0 aromatic heterocycles. The van der Waals surface area contributed by atoms with Crippen molar-refractivity contribution in [3.8, 4) is 6.07 Å². The first-order valence-corrected chi connectivity index (χ1v) is 1.54. The van der Waals surface area contributed by atoms with E-state index in [0.29, 0.717) is 0 Å². The van der Waals surface area contributed by atoms with E-state index in [4.69, 9.17) is 5.26 Å². The molecule has 0 saturated carbocycles. The van der Waals surface area contributed by atoms with E-state index in [-0.39, 0.29) is 6.42 Å². The molecule has 0 bridgehead atoms. The number of hydrogen-bond donors (Lipinski definition) is 0. The topological polar surface area (TPSA) is 23.8 Å². The van der Waals surface area contributed by atoms with E-state index in [0.717, 1.165) is 0 Å². The first kappa shape index (κ1) is 4.58. The molecule has 0 amide bonds. The van der Waals surface area contributed by atoms with Gasteiger partial charge in [-0.05, 0) is 0 Å². The number of nitrogens with zero attached hydrogens (tertiary/aromatic N) is 1.